The molecule has 0 spiro atoms. The Bertz CT molecular complexity index is 711. The molecule has 3 rings (SSSR count). The van der Waals surface area contributed by atoms with E-state index in [1.807, 2.05) is 6.07 Å². The van der Waals surface area contributed by atoms with E-state index >= 15 is 0 Å². The van der Waals surface area contributed by atoms with Gasteiger partial charge in [0.15, 0.2) is 10.3 Å². The van der Waals surface area contributed by atoms with Gasteiger partial charge in [0.2, 0.25) is 0 Å². The molecule has 2 aromatic heterocycles. The molecule has 0 bridgehead atoms. The van der Waals surface area contributed by atoms with E-state index in [1.54, 1.807) is 17.4 Å². The van der Waals surface area contributed by atoms with Crippen LogP contribution in [0.4, 0.5) is 11.4 Å². The van der Waals surface area contributed by atoms with E-state index in [4.69, 9.17) is 23.2 Å². The van der Waals surface area contributed by atoms with Crippen LogP contribution in [0.3, 0.4) is 0 Å². The molecule has 1 N–H and O–H groups in total. The highest BCUT2D eigenvalue weighted by Gasteiger charge is 2.05. The van der Waals surface area contributed by atoms with Gasteiger partial charge in [-0.2, -0.15) is 0 Å². The molecule has 0 saturated heterocycles. The van der Waals surface area contributed by atoms with Crippen LogP contribution in [0.5, 0.6) is 0 Å². The minimum absolute atomic E-state index is 0.296. The molecule has 3 nitrogen and oxygen atoms in total. The largest absolute Gasteiger partial charge is 0.353 e. The molecule has 0 saturated carbocycles. The van der Waals surface area contributed by atoms with E-state index in [1.165, 1.54) is 10.1 Å². The SMILES string of the molecule is Clc1cc(Nc2ccc3sccc3c2)c(Cl)nn1. The smallest absolute Gasteiger partial charge is 0.175 e. The Labute approximate surface area is 117 Å². The molecule has 0 radical (unpaired) electrons. The topological polar surface area (TPSA) is 37.8 Å². The second-order valence-corrected chi connectivity index (χ2v) is 5.36. The van der Waals surface area contributed by atoms with E-state index in [0.29, 0.717) is 16.0 Å². The molecule has 0 amide bonds. The summed E-state index contributed by atoms with van der Waals surface area (Å²) < 4.78 is 1.25. The number of nitrogens with zero attached hydrogens (tertiary/aromatic N) is 2. The van der Waals surface area contributed by atoms with Gasteiger partial charge in [-0.15, -0.1) is 21.5 Å². The standard InChI is InChI=1S/C12H7Cl2N3S/c13-11-6-9(12(14)17-16-11)15-8-1-2-10-7(5-8)3-4-18-10/h1-6H,(H,15,16). The molecule has 18 heavy (non-hydrogen) atoms. The van der Waals surface area contributed by atoms with Crippen LogP contribution >= 0.6 is 34.5 Å². The number of hydrogen-bond donors (Lipinski definition) is 1. The van der Waals surface area contributed by atoms with Crippen LogP contribution in [0.1, 0.15) is 0 Å². The van der Waals surface area contributed by atoms with Crippen LogP contribution in [-0.4, -0.2) is 10.2 Å². The Kier molecular flexibility index (Phi) is 3.07. The number of halogens is 2. The molecule has 2 heterocycles. The number of anilines is 2. The number of rotatable bonds is 2. The van der Waals surface area contributed by atoms with Gasteiger partial charge in [0, 0.05) is 16.5 Å². The van der Waals surface area contributed by atoms with E-state index in [2.05, 4.69) is 39.1 Å². The van der Waals surface area contributed by atoms with Crippen molar-refractivity contribution < 1.29 is 0 Å². The van der Waals surface area contributed by atoms with Crippen LogP contribution < -0.4 is 5.32 Å². The lowest BCUT2D eigenvalue weighted by atomic mass is 10.2. The van der Waals surface area contributed by atoms with Crippen LogP contribution in [0.25, 0.3) is 10.1 Å². The third-order valence-corrected chi connectivity index (χ3v) is 3.81. The first-order valence-corrected chi connectivity index (χ1v) is 6.79. The maximum Gasteiger partial charge on any atom is 0.175 e. The molecular weight excluding hydrogens is 289 g/mol. The lowest BCUT2D eigenvalue weighted by Gasteiger charge is -2.07. The summed E-state index contributed by atoms with van der Waals surface area (Å²) in [6, 6.07) is 9.83. The predicted molar refractivity (Wildman–Crippen MR) is 77.2 cm³/mol. The van der Waals surface area contributed by atoms with Gasteiger partial charge in [0.25, 0.3) is 0 Å². The molecule has 0 fully saturated rings. The van der Waals surface area contributed by atoms with Crippen molar-refractivity contribution in [3.05, 3.63) is 46.0 Å². The van der Waals surface area contributed by atoms with E-state index in [9.17, 15) is 0 Å². The van der Waals surface area contributed by atoms with Crippen LogP contribution in [0.2, 0.25) is 10.3 Å². The maximum absolute atomic E-state index is 5.95. The quantitative estimate of drug-likeness (QED) is 0.742. The fourth-order valence-electron chi connectivity index (χ4n) is 1.64. The normalized spacial score (nSPS) is 10.8. The van der Waals surface area contributed by atoms with Crippen molar-refractivity contribution in [3.8, 4) is 0 Å². The summed E-state index contributed by atoms with van der Waals surface area (Å²) in [5, 5.41) is 14.4. The van der Waals surface area contributed by atoms with Gasteiger partial charge >= 0.3 is 0 Å². The van der Waals surface area contributed by atoms with Crippen molar-refractivity contribution >= 4 is 56.0 Å². The number of nitrogens with one attached hydrogen (secondary N) is 1. The molecule has 0 aliphatic rings. The second kappa shape index (κ2) is 4.72. The highest BCUT2D eigenvalue weighted by atomic mass is 35.5. The van der Waals surface area contributed by atoms with Crippen LogP contribution in [-0.2, 0) is 0 Å². The van der Waals surface area contributed by atoms with Gasteiger partial charge in [-0.3, -0.25) is 0 Å². The molecule has 0 atom stereocenters. The lowest BCUT2D eigenvalue weighted by Crippen LogP contribution is -1.94. The van der Waals surface area contributed by atoms with Gasteiger partial charge in [0.1, 0.15) is 0 Å². The van der Waals surface area contributed by atoms with E-state index in [0.717, 1.165) is 5.69 Å². The first-order valence-electron chi connectivity index (χ1n) is 5.15. The highest BCUT2D eigenvalue weighted by molar-refractivity contribution is 7.17. The molecular formula is C12H7Cl2N3S. The summed E-state index contributed by atoms with van der Waals surface area (Å²) >= 11 is 13.5. The zero-order chi connectivity index (χ0) is 12.5. The summed E-state index contributed by atoms with van der Waals surface area (Å²) in [4.78, 5) is 0. The monoisotopic (exact) mass is 295 g/mol. The number of aromatic nitrogens is 2. The third-order valence-electron chi connectivity index (χ3n) is 2.45. The van der Waals surface area contributed by atoms with E-state index in [-0.39, 0.29) is 0 Å². The van der Waals surface area contributed by atoms with Crippen LogP contribution in [0, 0.1) is 0 Å². The molecule has 6 heteroatoms. The molecule has 90 valence electrons. The number of hydrogen-bond acceptors (Lipinski definition) is 4. The first kappa shape index (κ1) is 11.7. The Hall–Kier alpha value is -1.36. The summed E-state index contributed by atoms with van der Waals surface area (Å²) in [7, 11) is 0. The second-order valence-electron chi connectivity index (χ2n) is 3.67. The third kappa shape index (κ3) is 2.27. The van der Waals surface area contributed by atoms with Crippen molar-refractivity contribution in [2.45, 2.75) is 0 Å². The van der Waals surface area contributed by atoms with E-state index < -0.39 is 0 Å². The summed E-state index contributed by atoms with van der Waals surface area (Å²) in [6.45, 7) is 0. The fourth-order valence-corrected chi connectivity index (χ4v) is 2.70. The van der Waals surface area contributed by atoms with Gasteiger partial charge in [0.05, 0.1) is 5.69 Å². The minimum Gasteiger partial charge on any atom is -0.353 e. The Morgan fingerprint density at radius 3 is 2.83 bits per heavy atom. The van der Waals surface area contributed by atoms with Crippen molar-refractivity contribution in [3.63, 3.8) is 0 Å². The fraction of sp³-hybridized carbons (Fsp3) is 0. The van der Waals surface area contributed by atoms with Gasteiger partial charge < -0.3 is 5.32 Å². The number of thiophene rings is 1. The Morgan fingerprint density at radius 1 is 1.06 bits per heavy atom. The molecule has 1 aromatic carbocycles. The summed E-state index contributed by atoms with van der Waals surface area (Å²) in [5.74, 6) is 0. The molecule has 3 aromatic rings. The average Bonchev–Trinajstić information content (AvgIpc) is 2.81. The maximum atomic E-state index is 5.95. The van der Waals surface area contributed by atoms with Crippen LogP contribution in [0.15, 0.2) is 35.7 Å². The average molecular weight is 296 g/mol. The van der Waals surface area contributed by atoms with Crippen molar-refractivity contribution in [1.82, 2.24) is 10.2 Å². The van der Waals surface area contributed by atoms with Crippen molar-refractivity contribution in [2.24, 2.45) is 0 Å². The zero-order valence-electron chi connectivity index (χ0n) is 9.02. The zero-order valence-corrected chi connectivity index (χ0v) is 11.4. The number of benzene rings is 1. The Morgan fingerprint density at radius 2 is 1.94 bits per heavy atom. The number of fused-ring (bicyclic) bond motifs is 1. The van der Waals surface area contributed by atoms with Gasteiger partial charge in [-0.1, -0.05) is 23.2 Å². The summed E-state index contributed by atoms with van der Waals surface area (Å²) in [5.41, 5.74) is 1.58. The van der Waals surface area contributed by atoms with Crippen molar-refractivity contribution in [1.29, 1.82) is 0 Å². The van der Waals surface area contributed by atoms with Gasteiger partial charge in [-0.05, 0) is 35.0 Å². The predicted octanol–water partition coefficient (Wildman–Crippen LogP) is 4.74. The Balaban J connectivity index is 1.97. The lowest BCUT2D eigenvalue weighted by molar-refractivity contribution is 1.03. The molecule has 0 aliphatic carbocycles. The minimum atomic E-state index is 0.296. The van der Waals surface area contributed by atoms with Gasteiger partial charge in [-0.25, -0.2) is 0 Å². The molecule has 0 unspecified atom stereocenters. The molecule has 0 aliphatic heterocycles. The van der Waals surface area contributed by atoms with Crippen molar-refractivity contribution in [2.75, 3.05) is 5.32 Å². The summed E-state index contributed by atoms with van der Waals surface area (Å²) in [6.07, 6.45) is 0. The first-order chi connectivity index (χ1) is 8.72. The highest BCUT2D eigenvalue weighted by Crippen LogP contribution is 2.28.